The summed E-state index contributed by atoms with van der Waals surface area (Å²) in [5, 5.41) is 17.5. The number of aliphatic hydroxyl groups is 1. The Morgan fingerprint density at radius 3 is 2.61 bits per heavy atom. The highest BCUT2D eigenvalue weighted by Crippen LogP contribution is 2.30. The van der Waals surface area contributed by atoms with Crippen LogP contribution in [0.5, 0.6) is 0 Å². The maximum absolute atomic E-state index is 11.9. The molecule has 18 heavy (non-hydrogen) atoms. The van der Waals surface area contributed by atoms with Gasteiger partial charge < -0.3 is 10.2 Å². The number of carboxylic acids is 1. The summed E-state index contributed by atoms with van der Waals surface area (Å²) in [7, 11) is -3.88. The standard InChI is InChI=1S/C9H12BrNO5S2/c1-5-4-7(17-8(5)10)18(15,16)11-6(2-3-12)9(13)14/h4,6,11-12H,2-3H2,1H3,(H,13,14)/t6-/m1/s1. The number of sulfonamides is 1. The molecule has 102 valence electrons. The topological polar surface area (TPSA) is 104 Å². The van der Waals surface area contributed by atoms with Crippen LogP contribution < -0.4 is 4.72 Å². The lowest BCUT2D eigenvalue weighted by atomic mass is 10.2. The number of hydrogen-bond donors (Lipinski definition) is 3. The minimum atomic E-state index is -3.88. The van der Waals surface area contributed by atoms with E-state index >= 15 is 0 Å². The molecule has 0 aliphatic rings. The van der Waals surface area contributed by atoms with Crippen LogP contribution in [0, 0.1) is 6.92 Å². The predicted octanol–water partition coefficient (Wildman–Crippen LogP) is 0.933. The lowest BCUT2D eigenvalue weighted by Gasteiger charge is -2.12. The summed E-state index contributed by atoms with van der Waals surface area (Å²) >= 11 is 4.21. The first-order valence-corrected chi connectivity index (χ1v) is 7.99. The number of carbonyl (C=O) groups is 1. The molecular weight excluding hydrogens is 346 g/mol. The number of aliphatic hydroxyl groups excluding tert-OH is 1. The fraction of sp³-hybridized carbons (Fsp3) is 0.444. The average molecular weight is 358 g/mol. The molecule has 0 aromatic carbocycles. The number of aliphatic carboxylic acids is 1. The van der Waals surface area contributed by atoms with E-state index in [1.807, 2.05) is 0 Å². The van der Waals surface area contributed by atoms with Gasteiger partial charge >= 0.3 is 5.97 Å². The van der Waals surface area contributed by atoms with Crippen molar-refractivity contribution in [3.63, 3.8) is 0 Å². The number of nitrogens with one attached hydrogen (secondary N) is 1. The van der Waals surface area contributed by atoms with Crippen LogP contribution >= 0.6 is 27.3 Å². The Balaban J connectivity index is 2.96. The third kappa shape index (κ3) is 3.75. The van der Waals surface area contributed by atoms with Gasteiger partial charge in [-0.2, -0.15) is 4.72 Å². The number of carboxylic acid groups (broad SMARTS) is 1. The van der Waals surface area contributed by atoms with Gasteiger partial charge in [0.25, 0.3) is 10.0 Å². The zero-order chi connectivity index (χ0) is 13.9. The number of aryl methyl sites for hydroxylation is 1. The molecule has 9 heteroatoms. The molecule has 0 unspecified atom stereocenters. The van der Waals surface area contributed by atoms with Gasteiger partial charge in [0.2, 0.25) is 0 Å². The lowest BCUT2D eigenvalue weighted by molar-refractivity contribution is -0.139. The highest BCUT2D eigenvalue weighted by molar-refractivity contribution is 9.11. The van der Waals surface area contributed by atoms with Gasteiger partial charge in [-0.1, -0.05) is 0 Å². The number of thiophene rings is 1. The zero-order valence-corrected chi connectivity index (χ0v) is 12.6. The summed E-state index contributed by atoms with van der Waals surface area (Å²) in [6, 6.07) is 0.121. The Morgan fingerprint density at radius 2 is 2.22 bits per heavy atom. The van der Waals surface area contributed by atoms with Gasteiger partial charge in [0.1, 0.15) is 10.3 Å². The summed E-state index contributed by atoms with van der Waals surface area (Å²) in [5.41, 5.74) is 0.759. The Kier molecular flexibility index (Phi) is 5.29. The van der Waals surface area contributed by atoms with E-state index < -0.39 is 28.6 Å². The monoisotopic (exact) mass is 357 g/mol. The van der Waals surface area contributed by atoms with Crippen molar-refractivity contribution in [2.24, 2.45) is 0 Å². The molecule has 0 fully saturated rings. The second-order valence-electron chi connectivity index (χ2n) is 3.55. The summed E-state index contributed by atoms with van der Waals surface area (Å²) < 4.78 is 26.6. The van der Waals surface area contributed by atoms with Crippen LogP contribution in [0.1, 0.15) is 12.0 Å². The molecule has 0 spiro atoms. The third-order valence-electron chi connectivity index (χ3n) is 2.11. The molecule has 1 aromatic rings. The Hall–Kier alpha value is -0.480. The first-order chi connectivity index (χ1) is 8.27. The maximum Gasteiger partial charge on any atom is 0.321 e. The molecule has 0 radical (unpaired) electrons. The first-order valence-electron chi connectivity index (χ1n) is 4.90. The second kappa shape index (κ2) is 6.11. The van der Waals surface area contributed by atoms with Crippen LogP contribution in [0.15, 0.2) is 14.1 Å². The predicted molar refractivity (Wildman–Crippen MR) is 70.2 cm³/mol. The van der Waals surface area contributed by atoms with E-state index in [9.17, 15) is 13.2 Å². The van der Waals surface area contributed by atoms with Gasteiger partial charge in [0.15, 0.2) is 0 Å². The van der Waals surface area contributed by atoms with E-state index in [0.29, 0.717) is 3.79 Å². The van der Waals surface area contributed by atoms with E-state index in [1.54, 1.807) is 6.92 Å². The van der Waals surface area contributed by atoms with Crippen LogP contribution in [0.3, 0.4) is 0 Å². The SMILES string of the molecule is Cc1cc(S(=O)(=O)N[C@H](CCO)C(=O)O)sc1Br. The van der Waals surface area contributed by atoms with Crippen molar-refractivity contribution in [3.8, 4) is 0 Å². The molecule has 0 aliphatic carbocycles. The Bertz CT molecular complexity index is 520. The number of halogens is 1. The quantitative estimate of drug-likeness (QED) is 0.702. The third-order valence-corrected chi connectivity index (χ3v) is 6.19. The van der Waals surface area contributed by atoms with Crippen molar-refractivity contribution in [1.29, 1.82) is 0 Å². The molecule has 1 aromatic heterocycles. The Morgan fingerprint density at radius 1 is 1.61 bits per heavy atom. The van der Waals surface area contributed by atoms with E-state index in [0.717, 1.165) is 16.9 Å². The smallest absolute Gasteiger partial charge is 0.321 e. The highest BCUT2D eigenvalue weighted by atomic mass is 79.9. The molecule has 0 saturated carbocycles. The lowest BCUT2D eigenvalue weighted by Crippen LogP contribution is -2.41. The summed E-state index contributed by atoms with van der Waals surface area (Å²) in [5.74, 6) is -1.32. The van der Waals surface area contributed by atoms with Crippen molar-refractivity contribution < 1.29 is 23.4 Å². The number of rotatable bonds is 6. The van der Waals surface area contributed by atoms with E-state index in [2.05, 4.69) is 20.7 Å². The molecule has 1 heterocycles. The molecule has 0 aliphatic heterocycles. The largest absolute Gasteiger partial charge is 0.480 e. The summed E-state index contributed by atoms with van der Waals surface area (Å²) in [4.78, 5) is 10.8. The van der Waals surface area contributed by atoms with Crippen molar-refractivity contribution >= 4 is 43.3 Å². The van der Waals surface area contributed by atoms with Gasteiger partial charge in [-0.3, -0.25) is 4.79 Å². The van der Waals surface area contributed by atoms with Crippen molar-refractivity contribution in [1.82, 2.24) is 4.72 Å². The van der Waals surface area contributed by atoms with E-state index in [4.69, 9.17) is 10.2 Å². The fourth-order valence-electron chi connectivity index (χ4n) is 1.17. The van der Waals surface area contributed by atoms with Gasteiger partial charge in [0, 0.05) is 6.61 Å². The molecular formula is C9H12BrNO5S2. The minimum Gasteiger partial charge on any atom is -0.480 e. The normalized spacial score (nSPS) is 13.5. The van der Waals surface area contributed by atoms with Crippen LogP contribution in [0.2, 0.25) is 0 Å². The molecule has 0 amide bonds. The van der Waals surface area contributed by atoms with E-state index in [-0.39, 0.29) is 10.6 Å². The summed E-state index contributed by atoms with van der Waals surface area (Å²) in [6.45, 7) is 1.33. The molecule has 3 N–H and O–H groups in total. The molecule has 6 nitrogen and oxygen atoms in total. The van der Waals surface area contributed by atoms with Crippen LogP contribution in [0.25, 0.3) is 0 Å². The second-order valence-corrected chi connectivity index (χ2v) is 7.86. The maximum atomic E-state index is 11.9. The Labute approximate surface area is 117 Å². The fourth-order valence-corrected chi connectivity index (χ4v) is 4.64. The zero-order valence-electron chi connectivity index (χ0n) is 9.38. The average Bonchev–Trinajstić information content (AvgIpc) is 2.59. The van der Waals surface area contributed by atoms with Crippen LogP contribution in [-0.4, -0.2) is 37.2 Å². The molecule has 0 saturated heterocycles. The van der Waals surface area contributed by atoms with Crippen molar-refractivity contribution in [2.75, 3.05) is 6.61 Å². The summed E-state index contributed by atoms with van der Waals surface area (Å²) in [6.07, 6.45) is -0.180. The van der Waals surface area contributed by atoms with Gasteiger partial charge in [-0.15, -0.1) is 11.3 Å². The van der Waals surface area contributed by atoms with Gasteiger partial charge in [0.05, 0.1) is 3.79 Å². The van der Waals surface area contributed by atoms with Gasteiger partial charge in [-0.25, -0.2) is 8.42 Å². The van der Waals surface area contributed by atoms with Crippen LogP contribution in [-0.2, 0) is 14.8 Å². The van der Waals surface area contributed by atoms with E-state index in [1.165, 1.54) is 6.07 Å². The molecule has 1 atom stereocenters. The highest BCUT2D eigenvalue weighted by Gasteiger charge is 2.26. The number of hydrogen-bond acceptors (Lipinski definition) is 5. The van der Waals surface area contributed by atoms with Gasteiger partial charge in [-0.05, 0) is 40.9 Å². The first kappa shape index (κ1) is 15.6. The van der Waals surface area contributed by atoms with Crippen molar-refractivity contribution in [2.45, 2.75) is 23.6 Å². The molecule has 0 bridgehead atoms. The van der Waals surface area contributed by atoms with Crippen LogP contribution in [0.4, 0.5) is 0 Å². The minimum absolute atomic E-state index is 0.0380. The van der Waals surface area contributed by atoms with Crippen molar-refractivity contribution in [3.05, 3.63) is 15.4 Å². The molecule has 1 rings (SSSR count).